The van der Waals surface area contributed by atoms with Crippen LogP contribution in [0.2, 0.25) is 0 Å². The highest BCUT2D eigenvalue weighted by molar-refractivity contribution is 6.42. The number of carbonyl (C=O) groups is 1. The van der Waals surface area contributed by atoms with Crippen LogP contribution in [0.3, 0.4) is 0 Å². The minimum atomic E-state index is -1.40. The Morgan fingerprint density at radius 2 is 2.17 bits per heavy atom. The SMILES string of the molecule is C=CCN(Cc1cc(OC)ccc1OC)C1=C(Cl)C(=O)OC1O. The van der Waals surface area contributed by atoms with Gasteiger partial charge in [0.05, 0.1) is 14.2 Å². The molecule has 0 saturated heterocycles. The predicted octanol–water partition coefficient (Wildman–Crippen LogP) is 2.02. The van der Waals surface area contributed by atoms with Crippen LogP contribution in [0.5, 0.6) is 11.5 Å². The summed E-state index contributed by atoms with van der Waals surface area (Å²) in [6.07, 6.45) is 0.242. The Morgan fingerprint density at radius 3 is 2.70 bits per heavy atom. The van der Waals surface area contributed by atoms with Crippen molar-refractivity contribution in [3.8, 4) is 11.5 Å². The van der Waals surface area contributed by atoms with Crippen LogP contribution in [0.15, 0.2) is 41.6 Å². The quantitative estimate of drug-likeness (QED) is 0.605. The van der Waals surface area contributed by atoms with Gasteiger partial charge in [0.15, 0.2) is 5.03 Å². The summed E-state index contributed by atoms with van der Waals surface area (Å²) in [6, 6.07) is 5.37. The molecule has 2 rings (SSSR count). The molecule has 6 nitrogen and oxygen atoms in total. The molecule has 0 fully saturated rings. The zero-order chi connectivity index (χ0) is 17.0. The van der Waals surface area contributed by atoms with Crippen molar-refractivity contribution in [1.82, 2.24) is 4.90 Å². The number of aliphatic hydroxyl groups excluding tert-OH is 1. The van der Waals surface area contributed by atoms with Crippen molar-refractivity contribution in [3.63, 3.8) is 0 Å². The predicted molar refractivity (Wildman–Crippen MR) is 85.1 cm³/mol. The van der Waals surface area contributed by atoms with E-state index in [-0.39, 0.29) is 10.7 Å². The van der Waals surface area contributed by atoms with E-state index in [4.69, 9.17) is 25.8 Å². The number of hydrogen-bond acceptors (Lipinski definition) is 6. The molecule has 1 atom stereocenters. The normalized spacial score (nSPS) is 17.0. The van der Waals surface area contributed by atoms with Crippen LogP contribution in [-0.2, 0) is 16.1 Å². The summed E-state index contributed by atoms with van der Waals surface area (Å²) in [4.78, 5) is 13.2. The van der Waals surface area contributed by atoms with Crippen molar-refractivity contribution >= 4 is 17.6 Å². The number of carbonyl (C=O) groups excluding carboxylic acids is 1. The summed E-state index contributed by atoms with van der Waals surface area (Å²) in [7, 11) is 3.13. The third-order valence-corrected chi connectivity index (χ3v) is 3.74. The molecule has 1 aromatic rings. The molecular formula is C16H18ClNO5. The maximum atomic E-state index is 11.5. The van der Waals surface area contributed by atoms with Gasteiger partial charge in [0, 0.05) is 18.7 Å². The third kappa shape index (κ3) is 3.60. The van der Waals surface area contributed by atoms with Crippen LogP contribution < -0.4 is 9.47 Å². The number of benzene rings is 1. The lowest BCUT2D eigenvalue weighted by Crippen LogP contribution is -2.29. The zero-order valence-corrected chi connectivity index (χ0v) is 13.7. The van der Waals surface area contributed by atoms with Crippen LogP contribution in [0.1, 0.15) is 5.56 Å². The van der Waals surface area contributed by atoms with Crippen LogP contribution in [0.25, 0.3) is 0 Å². The first-order chi connectivity index (χ1) is 11.0. The van der Waals surface area contributed by atoms with Crippen molar-refractivity contribution in [2.45, 2.75) is 12.8 Å². The summed E-state index contributed by atoms with van der Waals surface area (Å²) in [5.41, 5.74) is 1.01. The van der Waals surface area contributed by atoms with E-state index in [1.807, 2.05) is 6.07 Å². The van der Waals surface area contributed by atoms with E-state index in [2.05, 4.69) is 6.58 Å². The summed E-state index contributed by atoms with van der Waals surface area (Å²) in [6.45, 7) is 4.37. The minimum Gasteiger partial charge on any atom is -0.497 e. The lowest BCUT2D eigenvalue weighted by molar-refractivity contribution is -0.152. The highest BCUT2D eigenvalue weighted by Gasteiger charge is 2.35. The van der Waals surface area contributed by atoms with Gasteiger partial charge in [-0.15, -0.1) is 6.58 Å². The molecule has 1 N–H and O–H groups in total. The second-order valence-corrected chi connectivity index (χ2v) is 5.18. The molecule has 0 amide bonds. The Morgan fingerprint density at radius 1 is 1.43 bits per heavy atom. The molecule has 0 bridgehead atoms. The van der Waals surface area contributed by atoms with E-state index in [0.717, 1.165) is 5.56 Å². The number of rotatable bonds is 7. The largest absolute Gasteiger partial charge is 0.497 e. The molecule has 7 heteroatoms. The maximum Gasteiger partial charge on any atom is 0.354 e. The Labute approximate surface area is 139 Å². The Hall–Kier alpha value is -2.18. The lowest BCUT2D eigenvalue weighted by atomic mass is 10.1. The molecule has 0 saturated carbocycles. The van der Waals surface area contributed by atoms with Gasteiger partial charge in [-0.2, -0.15) is 0 Å². The van der Waals surface area contributed by atoms with Crippen molar-refractivity contribution in [3.05, 3.63) is 47.1 Å². The smallest absolute Gasteiger partial charge is 0.354 e. The highest BCUT2D eigenvalue weighted by Crippen LogP contribution is 2.31. The van der Waals surface area contributed by atoms with Crippen LogP contribution in [0, 0.1) is 0 Å². The molecule has 0 radical (unpaired) electrons. The second-order valence-electron chi connectivity index (χ2n) is 4.80. The lowest BCUT2D eigenvalue weighted by Gasteiger charge is -2.26. The standard InChI is InChI=1S/C16H18ClNO5/c1-4-7-18(14-13(17)15(19)23-16(14)20)9-10-8-11(21-2)5-6-12(10)22-3/h4-6,8,16,20H,1,7,9H2,2-3H3. The molecule has 1 aliphatic heterocycles. The van der Waals surface area contributed by atoms with E-state index in [9.17, 15) is 9.90 Å². The average molecular weight is 340 g/mol. The summed E-state index contributed by atoms with van der Waals surface area (Å²) >= 11 is 5.97. The number of ether oxygens (including phenoxy) is 3. The molecule has 1 unspecified atom stereocenters. The topological polar surface area (TPSA) is 68.2 Å². The van der Waals surface area contributed by atoms with E-state index in [1.54, 1.807) is 37.3 Å². The van der Waals surface area contributed by atoms with Gasteiger partial charge in [-0.05, 0) is 18.2 Å². The molecule has 1 heterocycles. The van der Waals surface area contributed by atoms with E-state index < -0.39 is 12.3 Å². The first-order valence-electron chi connectivity index (χ1n) is 6.87. The van der Waals surface area contributed by atoms with Gasteiger partial charge < -0.3 is 24.2 Å². The Bertz CT molecular complexity index is 643. The molecule has 1 aromatic carbocycles. The van der Waals surface area contributed by atoms with Gasteiger partial charge in [-0.1, -0.05) is 17.7 Å². The summed E-state index contributed by atoms with van der Waals surface area (Å²) < 4.78 is 15.3. The average Bonchev–Trinajstić information content (AvgIpc) is 2.79. The maximum absolute atomic E-state index is 11.5. The van der Waals surface area contributed by atoms with Crippen LogP contribution in [-0.4, -0.2) is 43.0 Å². The Kier molecular flexibility index (Phi) is 5.52. The first-order valence-corrected chi connectivity index (χ1v) is 7.25. The van der Waals surface area contributed by atoms with Crippen LogP contribution >= 0.6 is 11.6 Å². The van der Waals surface area contributed by atoms with E-state index in [0.29, 0.717) is 24.6 Å². The fourth-order valence-corrected chi connectivity index (χ4v) is 2.59. The monoisotopic (exact) mass is 339 g/mol. The first kappa shape index (κ1) is 17.2. The molecule has 0 aromatic heterocycles. The fraction of sp³-hybridized carbons (Fsp3) is 0.312. The molecule has 124 valence electrons. The minimum absolute atomic E-state index is 0.138. The molecule has 1 aliphatic rings. The number of cyclic esters (lactones) is 1. The summed E-state index contributed by atoms with van der Waals surface area (Å²) in [5.74, 6) is 0.566. The highest BCUT2D eigenvalue weighted by atomic mass is 35.5. The number of hydrogen-bond donors (Lipinski definition) is 1. The van der Waals surface area contributed by atoms with E-state index in [1.165, 1.54) is 0 Å². The Balaban J connectivity index is 2.37. The molecule has 0 aliphatic carbocycles. The molecule has 0 spiro atoms. The molecular weight excluding hydrogens is 322 g/mol. The van der Waals surface area contributed by atoms with Gasteiger partial charge in [0.25, 0.3) is 0 Å². The molecule has 23 heavy (non-hydrogen) atoms. The second kappa shape index (κ2) is 7.39. The third-order valence-electron chi connectivity index (χ3n) is 3.40. The van der Waals surface area contributed by atoms with Crippen molar-refractivity contribution in [1.29, 1.82) is 0 Å². The van der Waals surface area contributed by atoms with Crippen molar-refractivity contribution in [2.24, 2.45) is 0 Å². The zero-order valence-electron chi connectivity index (χ0n) is 12.9. The fourth-order valence-electron chi connectivity index (χ4n) is 2.33. The number of esters is 1. The van der Waals surface area contributed by atoms with Gasteiger partial charge in [0.2, 0.25) is 6.29 Å². The number of methoxy groups -OCH3 is 2. The number of halogens is 1. The summed E-state index contributed by atoms with van der Waals surface area (Å²) in [5, 5.41) is 9.78. The van der Waals surface area contributed by atoms with Gasteiger partial charge in [-0.25, -0.2) is 4.79 Å². The van der Waals surface area contributed by atoms with Gasteiger partial charge >= 0.3 is 5.97 Å². The van der Waals surface area contributed by atoms with Crippen molar-refractivity contribution < 1.29 is 24.1 Å². The van der Waals surface area contributed by atoms with Gasteiger partial charge in [0.1, 0.15) is 17.2 Å². The van der Waals surface area contributed by atoms with Crippen LogP contribution in [0.4, 0.5) is 0 Å². The number of aliphatic hydroxyl groups is 1. The van der Waals surface area contributed by atoms with E-state index >= 15 is 0 Å². The number of nitrogens with zero attached hydrogens (tertiary/aromatic N) is 1. The van der Waals surface area contributed by atoms with Crippen molar-refractivity contribution in [2.75, 3.05) is 20.8 Å². The van der Waals surface area contributed by atoms with Gasteiger partial charge in [-0.3, -0.25) is 0 Å².